The van der Waals surface area contributed by atoms with Gasteiger partial charge >= 0.3 is 0 Å². The lowest BCUT2D eigenvalue weighted by Crippen LogP contribution is -2.30. The van der Waals surface area contributed by atoms with Gasteiger partial charge in [0.25, 0.3) is 5.91 Å². The number of hydrogen-bond donors (Lipinski definition) is 0. The van der Waals surface area contributed by atoms with Gasteiger partial charge in [-0.25, -0.2) is 9.50 Å². The van der Waals surface area contributed by atoms with Gasteiger partial charge in [-0.05, 0) is 18.9 Å². The van der Waals surface area contributed by atoms with Crippen LogP contribution in [0.25, 0.3) is 5.65 Å². The van der Waals surface area contributed by atoms with Gasteiger partial charge < -0.3 is 9.64 Å². The van der Waals surface area contributed by atoms with Crippen LogP contribution >= 0.6 is 11.6 Å². The molecule has 1 atom stereocenters. The number of hydrogen-bond acceptors (Lipinski definition) is 4. The lowest BCUT2D eigenvalue weighted by atomic mass is 10.3. The van der Waals surface area contributed by atoms with Crippen molar-refractivity contribution in [3.8, 4) is 0 Å². The molecule has 0 aromatic carbocycles. The van der Waals surface area contributed by atoms with Crippen molar-refractivity contribution in [2.75, 3.05) is 20.2 Å². The number of fused-ring (bicyclic) bond motifs is 1. The highest BCUT2D eigenvalue weighted by Gasteiger charge is 2.30. The smallest absolute Gasteiger partial charge is 0.276 e. The monoisotopic (exact) mass is 294 g/mol. The maximum Gasteiger partial charge on any atom is 0.276 e. The molecule has 0 unspecified atom stereocenters. The highest BCUT2D eigenvalue weighted by molar-refractivity contribution is 6.36. The summed E-state index contributed by atoms with van der Waals surface area (Å²) in [5.74, 6) is -0.169. The first-order chi connectivity index (χ1) is 9.60. The number of amides is 1. The van der Waals surface area contributed by atoms with Crippen molar-refractivity contribution in [2.24, 2.45) is 0 Å². The normalized spacial score (nSPS) is 18.9. The van der Waals surface area contributed by atoms with Crippen LogP contribution in [0, 0.1) is 6.92 Å². The zero-order valence-corrected chi connectivity index (χ0v) is 12.1. The number of halogens is 1. The molecule has 2 aromatic heterocycles. The highest BCUT2D eigenvalue weighted by Crippen LogP contribution is 2.23. The van der Waals surface area contributed by atoms with Gasteiger partial charge in [-0.2, -0.15) is 5.10 Å². The van der Waals surface area contributed by atoms with Gasteiger partial charge in [0.1, 0.15) is 5.02 Å². The van der Waals surface area contributed by atoms with E-state index < -0.39 is 0 Å². The molecule has 1 saturated heterocycles. The van der Waals surface area contributed by atoms with Crippen molar-refractivity contribution in [1.29, 1.82) is 0 Å². The van der Waals surface area contributed by atoms with Crippen molar-refractivity contribution in [3.63, 3.8) is 0 Å². The van der Waals surface area contributed by atoms with E-state index in [-0.39, 0.29) is 17.7 Å². The average molecular weight is 295 g/mol. The second-order valence-electron chi connectivity index (χ2n) is 4.96. The van der Waals surface area contributed by atoms with Crippen LogP contribution < -0.4 is 0 Å². The second kappa shape index (κ2) is 5.03. The molecule has 1 amide bonds. The minimum absolute atomic E-state index is 0.0927. The van der Waals surface area contributed by atoms with Gasteiger partial charge in [0.2, 0.25) is 0 Å². The SMILES string of the molecule is CO[C@@H]1CCN(C(=O)c2nn3cc(C)cnc3c2Cl)C1. The Labute approximate surface area is 121 Å². The molecule has 3 rings (SSSR count). The molecule has 1 aliphatic heterocycles. The van der Waals surface area contributed by atoms with Gasteiger partial charge in [-0.15, -0.1) is 0 Å². The maximum absolute atomic E-state index is 12.5. The molecule has 0 N–H and O–H groups in total. The number of aromatic nitrogens is 3. The molecule has 20 heavy (non-hydrogen) atoms. The summed E-state index contributed by atoms with van der Waals surface area (Å²) in [6, 6.07) is 0. The molecule has 6 nitrogen and oxygen atoms in total. The van der Waals surface area contributed by atoms with Crippen molar-refractivity contribution in [1.82, 2.24) is 19.5 Å². The van der Waals surface area contributed by atoms with Gasteiger partial charge in [0.15, 0.2) is 11.3 Å². The van der Waals surface area contributed by atoms with E-state index in [1.807, 2.05) is 6.92 Å². The van der Waals surface area contributed by atoms with E-state index in [4.69, 9.17) is 16.3 Å². The number of aryl methyl sites for hydroxylation is 1. The lowest BCUT2D eigenvalue weighted by Gasteiger charge is -2.14. The van der Waals surface area contributed by atoms with E-state index in [1.54, 1.807) is 28.9 Å². The van der Waals surface area contributed by atoms with E-state index >= 15 is 0 Å². The van der Waals surface area contributed by atoms with Gasteiger partial charge in [-0.3, -0.25) is 4.79 Å². The Hall–Kier alpha value is -1.66. The number of nitrogens with zero attached hydrogens (tertiary/aromatic N) is 4. The molecule has 0 radical (unpaired) electrons. The summed E-state index contributed by atoms with van der Waals surface area (Å²) in [5, 5.41) is 4.56. The molecule has 1 fully saturated rings. The number of ether oxygens (including phenoxy) is 1. The number of likely N-dealkylation sites (tertiary alicyclic amines) is 1. The fourth-order valence-electron chi connectivity index (χ4n) is 2.39. The molecule has 106 valence electrons. The molecular formula is C13H15ClN4O2. The van der Waals surface area contributed by atoms with Gasteiger partial charge in [-0.1, -0.05) is 11.6 Å². The third kappa shape index (κ3) is 2.14. The summed E-state index contributed by atoms with van der Waals surface area (Å²) >= 11 is 6.23. The van der Waals surface area contributed by atoms with Gasteiger partial charge in [0, 0.05) is 32.6 Å². The minimum Gasteiger partial charge on any atom is -0.380 e. The first-order valence-electron chi connectivity index (χ1n) is 6.42. The third-order valence-electron chi connectivity index (χ3n) is 3.51. The standard InChI is InChI=1S/C13H15ClN4O2/c1-8-5-15-12-10(14)11(16-18(12)6-8)13(19)17-4-3-9(7-17)20-2/h5-6,9H,3-4,7H2,1-2H3/t9-/m1/s1. The van der Waals surface area contributed by atoms with Crippen LogP contribution in [0.1, 0.15) is 22.5 Å². The first kappa shape index (κ1) is 13.3. The summed E-state index contributed by atoms with van der Waals surface area (Å²) in [6.45, 7) is 3.15. The van der Waals surface area contributed by atoms with Crippen LogP contribution in [-0.2, 0) is 4.74 Å². The molecule has 1 aliphatic rings. The predicted octanol–water partition coefficient (Wildman–Crippen LogP) is 1.55. The van der Waals surface area contributed by atoms with Gasteiger partial charge in [0.05, 0.1) is 6.10 Å². The van der Waals surface area contributed by atoms with Crippen LogP contribution in [0.15, 0.2) is 12.4 Å². The molecule has 0 saturated carbocycles. The molecule has 7 heteroatoms. The van der Waals surface area contributed by atoms with E-state index in [0.717, 1.165) is 12.0 Å². The Morgan fingerprint density at radius 3 is 3.05 bits per heavy atom. The summed E-state index contributed by atoms with van der Waals surface area (Å²) < 4.78 is 6.82. The van der Waals surface area contributed by atoms with Crippen molar-refractivity contribution in [3.05, 3.63) is 28.7 Å². The summed E-state index contributed by atoms with van der Waals surface area (Å²) in [5.41, 5.74) is 1.71. The van der Waals surface area contributed by atoms with E-state index in [0.29, 0.717) is 23.8 Å². The molecule has 0 bridgehead atoms. The van der Waals surface area contributed by atoms with E-state index in [1.165, 1.54) is 0 Å². The Morgan fingerprint density at radius 1 is 1.55 bits per heavy atom. The Bertz CT molecular complexity index is 670. The topological polar surface area (TPSA) is 59.7 Å². The molecule has 3 heterocycles. The lowest BCUT2D eigenvalue weighted by molar-refractivity contribution is 0.0719. The Morgan fingerprint density at radius 2 is 2.35 bits per heavy atom. The summed E-state index contributed by atoms with van der Waals surface area (Å²) in [7, 11) is 1.66. The molecule has 0 spiro atoms. The van der Waals surface area contributed by atoms with Crippen LogP contribution in [-0.4, -0.2) is 51.7 Å². The molecule has 2 aromatic rings. The fraction of sp³-hybridized carbons (Fsp3) is 0.462. The Balaban J connectivity index is 1.94. The third-order valence-corrected chi connectivity index (χ3v) is 3.86. The number of carbonyl (C=O) groups is 1. The van der Waals surface area contributed by atoms with Crippen molar-refractivity contribution in [2.45, 2.75) is 19.4 Å². The molecular weight excluding hydrogens is 280 g/mol. The largest absolute Gasteiger partial charge is 0.380 e. The van der Waals surface area contributed by atoms with Crippen LogP contribution in [0.3, 0.4) is 0 Å². The van der Waals surface area contributed by atoms with Crippen LogP contribution in [0.2, 0.25) is 5.02 Å². The number of methoxy groups -OCH3 is 1. The Kier molecular flexibility index (Phi) is 3.35. The van der Waals surface area contributed by atoms with E-state index in [9.17, 15) is 4.79 Å². The molecule has 0 aliphatic carbocycles. The highest BCUT2D eigenvalue weighted by atomic mass is 35.5. The maximum atomic E-state index is 12.5. The predicted molar refractivity (Wildman–Crippen MR) is 74.1 cm³/mol. The average Bonchev–Trinajstić information content (AvgIpc) is 3.03. The summed E-state index contributed by atoms with van der Waals surface area (Å²) in [6.07, 6.45) is 4.43. The van der Waals surface area contributed by atoms with Crippen molar-refractivity contribution >= 4 is 23.2 Å². The zero-order chi connectivity index (χ0) is 14.3. The number of rotatable bonds is 2. The number of carbonyl (C=O) groups excluding carboxylic acids is 1. The quantitative estimate of drug-likeness (QED) is 0.843. The minimum atomic E-state index is -0.169. The van der Waals surface area contributed by atoms with Crippen LogP contribution in [0.4, 0.5) is 0 Å². The van der Waals surface area contributed by atoms with Crippen molar-refractivity contribution < 1.29 is 9.53 Å². The van der Waals surface area contributed by atoms with Crippen LogP contribution in [0.5, 0.6) is 0 Å². The van der Waals surface area contributed by atoms with E-state index in [2.05, 4.69) is 10.1 Å². The summed E-state index contributed by atoms with van der Waals surface area (Å²) in [4.78, 5) is 18.4. The fourth-order valence-corrected chi connectivity index (χ4v) is 2.65. The second-order valence-corrected chi connectivity index (χ2v) is 5.34. The first-order valence-corrected chi connectivity index (χ1v) is 6.80. The zero-order valence-electron chi connectivity index (χ0n) is 11.3.